The molecule has 1 heterocycles. The third-order valence-corrected chi connectivity index (χ3v) is 7.56. The first-order valence-corrected chi connectivity index (χ1v) is 12.2. The third-order valence-electron chi connectivity index (χ3n) is 5.51. The van der Waals surface area contributed by atoms with Crippen LogP contribution in [0.1, 0.15) is 26.3 Å². The molecule has 1 fully saturated rings. The molecule has 1 aliphatic rings. The summed E-state index contributed by atoms with van der Waals surface area (Å²) in [6.45, 7) is 8.89. The Kier molecular flexibility index (Phi) is 8.01. The molecule has 2 aromatic carbocycles. The monoisotopic (exact) mass is 475 g/mol. The number of hydrogen-bond acceptors (Lipinski definition) is 8. The summed E-state index contributed by atoms with van der Waals surface area (Å²) in [5, 5.41) is 15.9. The summed E-state index contributed by atoms with van der Waals surface area (Å²) < 4.78 is 32.1. The Morgan fingerprint density at radius 2 is 1.79 bits per heavy atom. The van der Waals surface area contributed by atoms with E-state index in [1.54, 1.807) is 20.8 Å². The highest BCUT2D eigenvalue weighted by Gasteiger charge is 2.25. The molecule has 11 heteroatoms. The number of nitro groups is 1. The SMILES string of the molecule is CCN(CC)S(=O)(=O)c1ccc(N/N=C(/C)c2ccc(N3CCOCC3)cc2)c([N+](=O)[O-])c1. The lowest BCUT2D eigenvalue weighted by atomic mass is 10.1. The van der Waals surface area contributed by atoms with Crippen molar-refractivity contribution in [3.05, 3.63) is 58.1 Å². The second-order valence-electron chi connectivity index (χ2n) is 7.48. The summed E-state index contributed by atoms with van der Waals surface area (Å²) in [5.74, 6) is 0. The van der Waals surface area contributed by atoms with Crippen LogP contribution in [0.4, 0.5) is 17.1 Å². The van der Waals surface area contributed by atoms with Crippen LogP contribution in [-0.2, 0) is 14.8 Å². The predicted octanol–water partition coefficient (Wildman–Crippen LogP) is 3.30. The highest BCUT2D eigenvalue weighted by atomic mass is 32.2. The van der Waals surface area contributed by atoms with Gasteiger partial charge in [-0.05, 0) is 36.8 Å². The van der Waals surface area contributed by atoms with Gasteiger partial charge >= 0.3 is 0 Å². The molecular formula is C22H29N5O5S. The largest absolute Gasteiger partial charge is 0.378 e. The van der Waals surface area contributed by atoms with Gasteiger partial charge < -0.3 is 9.64 Å². The van der Waals surface area contributed by atoms with Crippen LogP contribution in [0, 0.1) is 10.1 Å². The van der Waals surface area contributed by atoms with E-state index in [9.17, 15) is 18.5 Å². The lowest BCUT2D eigenvalue weighted by Gasteiger charge is -2.28. The summed E-state index contributed by atoms with van der Waals surface area (Å²) in [7, 11) is -3.81. The van der Waals surface area contributed by atoms with Crippen molar-refractivity contribution in [1.82, 2.24) is 4.31 Å². The van der Waals surface area contributed by atoms with Gasteiger partial charge in [-0.3, -0.25) is 15.5 Å². The van der Waals surface area contributed by atoms with Crippen molar-refractivity contribution in [1.29, 1.82) is 0 Å². The number of hydrazone groups is 1. The fourth-order valence-electron chi connectivity index (χ4n) is 3.57. The zero-order valence-corrected chi connectivity index (χ0v) is 19.8. The van der Waals surface area contributed by atoms with E-state index in [-0.39, 0.29) is 29.4 Å². The van der Waals surface area contributed by atoms with Gasteiger partial charge in [-0.1, -0.05) is 26.0 Å². The van der Waals surface area contributed by atoms with Gasteiger partial charge in [0.25, 0.3) is 5.69 Å². The summed E-state index contributed by atoms with van der Waals surface area (Å²) in [6.07, 6.45) is 0. The highest BCUT2D eigenvalue weighted by Crippen LogP contribution is 2.29. The summed E-state index contributed by atoms with van der Waals surface area (Å²) >= 11 is 0. The van der Waals surface area contributed by atoms with E-state index in [0.717, 1.165) is 30.4 Å². The van der Waals surface area contributed by atoms with Crippen LogP contribution in [-0.4, -0.2) is 62.8 Å². The molecule has 2 aromatic rings. The van der Waals surface area contributed by atoms with Gasteiger partial charge in [0.15, 0.2) is 0 Å². The van der Waals surface area contributed by atoms with Crippen LogP contribution >= 0.6 is 0 Å². The average molecular weight is 476 g/mol. The van der Waals surface area contributed by atoms with Gasteiger partial charge in [-0.25, -0.2) is 8.42 Å². The Labute approximate surface area is 194 Å². The number of nitrogens with zero attached hydrogens (tertiary/aromatic N) is 4. The number of anilines is 2. The van der Waals surface area contributed by atoms with Crippen LogP contribution in [0.5, 0.6) is 0 Å². The number of hydrogen-bond donors (Lipinski definition) is 1. The van der Waals surface area contributed by atoms with Gasteiger partial charge in [-0.15, -0.1) is 0 Å². The molecule has 0 atom stereocenters. The van der Waals surface area contributed by atoms with Crippen molar-refractivity contribution in [2.24, 2.45) is 5.10 Å². The molecular weight excluding hydrogens is 446 g/mol. The molecule has 0 unspecified atom stereocenters. The van der Waals surface area contributed by atoms with Crippen LogP contribution in [0.2, 0.25) is 0 Å². The van der Waals surface area contributed by atoms with Crippen LogP contribution < -0.4 is 10.3 Å². The maximum absolute atomic E-state index is 12.7. The number of nitro benzene ring substituents is 1. The maximum Gasteiger partial charge on any atom is 0.295 e. The average Bonchev–Trinajstić information content (AvgIpc) is 2.83. The number of sulfonamides is 1. The zero-order chi connectivity index (χ0) is 24.0. The van der Waals surface area contributed by atoms with Gasteiger partial charge in [0.05, 0.1) is 28.7 Å². The molecule has 3 rings (SSSR count). The number of nitrogens with one attached hydrogen (secondary N) is 1. The summed E-state index contributed by atoms with van der Waals surface area (Å²) in [6, 6.07) is 11.7. The number of ether oxygens (including phenoxy) is 1. The molecule has 178 valence electrons. The molecule has 0 saturated carbocycles. The molecule has 33 heavy (non-hydrogen) atoms. The minimum absolute atomic E-state index is 0.114. The highest BCUT2D eigenvalue weighted by molar-refractivity contribution is 7.89. The minimum Gasteiger partial charge on any atom is -0.378 e. The quantitative estimate of drug-likeness (QED) is 0.336. The molecule has 0 spiro atoms. The molecule has 0 aromatic heterocycles. The number of morpholine rings is 1. The van der Waals surface area contributed by atoms with Crippen LogP contribution in [0.3, 0.4) is 0 Å². The molecule has 1 N–H and O–H groups in total. The topological polar surface area (TPSA) is 117 Å². The Morgan fingerprint density at radius 1 is 1.15 bits per heavy atom. The molecule has 10 nitrogen and oxygen atoms in total. The van der Waals surface area contributed by atoms with Gasteiger partial charge in [0.1, 0.15) is 5.69 Å². The third kappa shape index (κ3) is 5.67. The molecule has 0 bridgehead atoms. The lowest BCUT2D eigenvalue weighted by Crippen LogP contribution is -2.36. The van der Waals surface area contributed by atoms with Crippen LogP contribution in [0.25, 0.3) is 0 Å². The molecule has 0 aliphatic carbocycles. The van der Waals surface area contributed by atoms with Crippen molar-refractivity contribution in [3.8, 4) is 0 Å². The standard InChI is InChI=1S/C22H29N5O5S/c1-4-26(5-2)33(30,31)20-10-11-21(22(16-20)27(28)29)24-23-17(3)18-6-8-19(9-7-18)25-12-14-32-15-13-25/h6-11,16,24H,4-5,12-15H2,1-3H3/b23-17-. The smallest absolute Gasteiger partial charge is 0.295 e. The van der Waals surface area contributed by atoms with E-state index < -0.39 is 14.9 Å². The number of benzene rings is 2. The van der Waals surface area contributed by atoms with E-state index in [0.29, 0.717) is 18.9 Å². The van der Waals surface area contributed by atoms with Crippen molar-refractivity contribution in [2.75, 3.05) is 49.7 Å². The van der Waals surface area contributed by atoms with Crippen molar-refractivity contribution >= 4 is 32.8 Å². The molecule has 1 aliphatic heterocycles. The predicted molar refractivity (Wildman–Crippen MR) is 129 cm³/mol. The second kappa shape index (κ2) is 10.7. The summed E-state index contributed by atoms with van der Waals surface area (Å²) in [4.78, 5) is 13.1. The van der Waals surface area contributed by atoms with Crippen molar-refractivity contribution in [3.63, 3.8) is 0 Å². The summed E-state index contributed by atoms with van der Waals surface area (Å²) in [5.41, 5.74) is 5.07. The molecule has 1 saturated heterocycles. The second-order valence-corrected chi connectivity index (χ2v) is 9.42. The van der Waals surface area contributed by atoms with E-state index in [4.69, 9.17) is 4.74 Å². The minimum atomic E-state index is -3.81. The Morgan fingerprint density at radius 3 is 2.36 bits per heavy atom. The van der Waals surface area contributed by atoms with E-state index in [1.165, 1.54) is 16.4 Å². The van der Waals surface area contributed by atoms with Gasteiger partial charge in [-0.2, -0.15) is 9.41 Å². The normalized spacial score (nSPS) is 15.0. The lowest BCUT2D eigenvalue weighted by molar-refractivity contribution is -0.384. The zero-order valence-electron chi connectivity index (χ0n) is 19.0. The maximum atomic E-state index is 12.7. The molecule has 0 radical (unpaired) electrons. The van der Waals surface area contributed by atoms with E-state index in [2.05, 4.69) is 15.4 Å². The fraction of sp³-hybridized carbons (Fsp3) is 0.409. The van der Waals surface area contributed by atoms with Gasteiger partial charge in [0.2, 0.25) is 10.0 Å². The Balaban J connectivity index is 1.80. The van der Waals surface area contributed by atoms with Crippen molar-refractivity contribution in [2.45, 2.75) is 25.7 Å². The van der Waals surface area contributed by atoms with Crippen molar-refractivity contribution < 1.29 is 18.1 Å². The van der Waals surface area contributed by atoms with E-state index >= 15 is 0 Å². The van der Waals surface area contributed by atoms with Crippen LogP contribution in [0.15, 0.2) is 52.5 Å². The fourth-order valence-corrected chi connectivity index (χ4v) is 5.05. The Bertz CT molecular complexity index is 1110. The van der Waals surface area contributed by atoms with E-state index in [1.807, 2.05) is 24.3 Å². The number of rotatable bonds is 9. The first-order chi connectivity index (χ1) is 15.8. The Hall–Kier alpha value is -3.02. The van der Waals surface area contributed by atoms with Gasteiger partial charge in [0, 0.05) is 37.9 Å². The first kappa shape index (κ1) is 24.6. The first-order valence-electron chi connectivity index (χ1n) is 10.8. The molecule has 0 amide bonds.